The molecule has 0 amide bonds. The van der Waals surface area contributed by atoms with Crippen molar-refractivity contribution in [3.05, 3.63) is 46.6 Å². The van der Waals surface area contributed by atoms with Crippen molar-refractivity contribution in [1.82, 2.24) is 10.3 Å². The molecular weight excluding hydrogens is 377 g/mol. The van der Waals surface area contributed by atoms with Crippen LogP contribution < -0.4 is 16.0 Å². The van der Waals surface area contributed by atoms with Gasteiger partial charge in [-0.15, -0.1) is 11.3 Å². The lowest BCUT2D eigenvalue weighted by molar-refractivity contribution is -0.137. The minimum atomic E-state index is -4.32. The number of pyridine rings is 1. The van der Waals surface area contributed by atoms with Gasteiger partial charge in [-0.1, -0.05) is 6.07 Å². The van der Waals surface area contributed by atoms with Gasteiger partial charge in [0.1, 0.15) is 6.10 Å². The standard InChI is InChI=1S/C18H23F3N4OS/c1-11-3-2-4-15(24-11)16(26)8-23-14-5-6-25(9-13(14)22)17-7-12(10-27-17)18(19,20)21/h2-4,7,10,13-14,16,23,26H,5-6,8-9,22H2,1H3/t13?,14?,16-/m1/s1. The van der Waals surface area contributed by atoms with Crippen molar-refractivity contribution in [2.45, 2.75) is 37.7 Å². The van der Waals surface area contributed by atoms with Crippen molar-refractivity contribution in [2.75, 3.05) is 24.5 Å². The minimum absolute atomic E-state index is 0.0113. The molecule has 148 valence electrons. The van der Waals surface area contributed by atoms with Gasteiger partial charge < -0.3 is 21.1 Å². The molecule has 0 radical (unpaired) electrons. The Labute approximate surface area is 160 Å². The molecule has 1 aliphatic rings. The van der Waals surface area contributed by atoms with Crippen LogP contribution in [0.4, 0.5) is 18.2 Å². The van der Waals surface area contributed by atoms with Crippen LogP contribution in [-0.4, -0.2) is 41.8 Å². The number of nitrogens with one attached hydrogen (secondary N) is 1. The van der Waals surface area contributed by atoms with Gasteiger partial charge in [0.15, 0.2) is 0 Å². The molecule has 0 aromatic carbocycles. The summed E-state index contributed by atoms with van der Waals surface area (Å²) in [4.78, 5) is 6.20. The number of anilines is 1. The number of aromatic nitrogens is 1. The van der Waals surface area contributed by atoms with E-state index in [1.807, 2.05) is 24.0 Å². The van der Waals surface area contributed by atoms with Crippen LogP contribution in [-0.2, 0) is 6.18 Å². The number of nitrogens with zero attached hydrogens (tertiary/aromatic N) is 2. The zero-order valence-electron chi connectivity index (χ0n) is 14.9. The Hall–Kier alpha value is -1.68. The predicted molar refractivity (Wildman–Crippen MR) is 99.9 cm³/mol. The van der Waals surface area contributed by atoms with Crippen molar-refractivity contribution in [3.8, 4) is 0 Å². The maximum atomic E-state index is 12.8. The lowest BCUT2D eigenvalue weighted by atomic mass is 9.99. The van der Waals surface area contributed by atoms with Crippen molar-refractivity contribution in [3.63, 3.8) is 0 Å². The number of alkyl halides is 3. The summed E-state index contributed by atoms with van der Waals surface area (Å²) in [5.74, 6) is 0. The fourth-order valence-electron chi connectivity index (χ4n) is 3.19. The molecule has 3 heterocycles. The van der Waals surface area contributed by atoms with E-state index in [0.717, 1.165) is 22.4 Å². The van der Waals surface area contributed by atoms with Crippen LogP contribution in [0, 0.1) is 6.92 Å². The molecule has 27 heavy (non-hydrogen) atoms. The normalized spacial score (nSPS) is 22.1. The molecule has 2 unspecified atom stereocenters. The van der Waals surface area contributed by atoms with Crippen LogP contribution in [0.25, 0.3) is 0 Å². The zero-order valence-corrected chi connectivity index (χ0v) is 15.7. The van der Waals surface area contributed by atoms with E-state index < -0.39 is 17.8 Å². The van der Waals surface area contributed by atoms with Gasteiger partial charge in [0.05, 0.1) is 16.3 Å². The number of halogens is 3. The average Bonchev–Trinajstić information content (AvgIpc) is 3.11. The lowest BCUT2D eigenvalue weighted by Crippen LogP contribution is -2.57. The number of hydrogen-bond donors (Lipinski definition) is 3. The number of aliphatic hydroxyl groups excluding tert-OH is 1. The Morgan fingerprint density at radius 3 is 2.85 bits per heavy atom. The number of aryl methyl sites for hydroxylation is 1. The molecule has 2 aromatic heterocycles. The molecule has 1 aliphatic heterocycles. The first-order valence-corrected chi connectivity index (χ1v) is 9.63. The molecule has 9 heteroatoms. The van der Waals surface area contributed by atoms with Gasteiger partial charge in [-0.3, -0.25) is 4.98 Å². The van der Waals surface area contributed by atoms with Crippen LogP contribution in [0.3, 0.4) is 0 Å². The van der Waals surface area contributed by atoms with E-state index in [-0.39, 0.29) is 12.1 Å². The highest BCUT2D eigenvalue weighted by Gasteiger charge is 2.33. The second kappa shape index (κ2) is 8.14. The van der Waals surface area contributed by atoms with Crippen LogP contribution in [0.2, 0.25) is 0 Å². The number of thiophene rings is 1. The van der Waals surface area contributed by atoms with Crippen molar-refractivity contribution in [2.24, 2.45) is 5.73 Å². The van der Waals surface area contributed by atoms with Gasteiger partial charge in [0.25, 0.3) is 0 Å². The summed E-state index contributed by atoms with van der Waals surface area (Å²) in [7, 11) is 0. The smallest absolute Gasteiger partial charge is 0.385 e. The van der Waals surface area contributed by atoms with Crippen molar-refractivity contribution < 1.29 is 18.3 Å². The van der Waals surface area contributed by atoms with E-state index in [1.165, 1.54) is 6.07 Å². The number of nitrogens with two attached hydrogens (primary N) is 1. The quantitative estimate of drug-likeness (QED) is 0.720. The molecule has 1 fully saturated rings. The van der Waals surface area contributed by atoms with E-state index >= 15 is 0 Å². The minimum Gasteiger partial charge on any atom is -0.385 e. The molecule has 5 nitrogen and oxygen atoms in total. The second-order valence-corrected chi connectivity index (χ2v) is 7.69. The van der Waals surface area contributed by atoms with E-state index in [2.05, 4.69) is 10.3 Å². The third-order valence-corrected chi connectivity index (χ3v) is 5.70. The summed E-state index contributed by atoms with van der Waals surface area (Å²) >= 11 is 1.08. The van der Waals surface area contributed by atoms with E-state index in [1.54, 1.807) is 6.07 Å². The van der Waals surface area contributed by atoms with Gasteiger partial charge >= 0.3 is 6.18 Å². The summed E-state index contributed by atoms with van der Waals surface area (Å²) in [5, 5.41) is 15.3. The van der Waals surface area contributed by atoms with Crippen LogP contribution in [0.5, 0.6) is 0 Å². The first kappa shape index (κ1) is 20.1. The molecule has 3 atom stereocenters. The maximum Gasteiger partial charge on any atom is 0.417 e. The summed E-state index contributed by atoms with van der Waals surface area (Å²) in [6.45, 7) is 3.27. The Morgan fingerprint density at radius 2 is 2.22 bits per heavy atom. The van der Waals surface area contributed by atoms with Crippen LogP contribution >= 0.6 is 11.3 Å². The molecule has 2 aromatic rings. The molecule has 0 spiro atoms. The van der Waals surface area contributed by atoms with Gasteiger partial charge in [-0.05, 0) is 31.5 Å². The highest BCUT2D eigenvalue weighted by molar-refractivity contribution is 7.14. The molecule has 4 N–H and O–H groups in total. The van der Waals surface area contributed by atoms with Crippen molar-refractivity contribution in [1.29, 1.82) is 0 Å². The molecule has 1 saturated heterocycles. The number of hydrogen-bond acceptors (Lipinski definition) is 6. The van der Waals surface area contributed by atoms with Gasteiger partial charge in [0.2, 0.25) is 0 Å². The third kappa shape index (κ3) is 4.98. The number of aliphatic hydroxyl groups is 1. The van der Waals surface area contributed by atoms with Gasteiger partial charge in [0, 0.05) is 42.8 Å². The summed E-state index contributed by atoms with van der Waals surface area (Å²) in [5.41, 5.74) is 7.05. The largest absolute Gasteiger partial charge is 0.417 e. The van der Waals surface area contributed by atoms with E-state index in [4.69, 9.17) is 5.73 Å². The summed E-state index contributed by atoms with van der Waals surface area (Å²) in [6.07, 6.45) is -4.37. The lowest BCUT2D eigenvalue weighted by Gasteiger charge is -2.38. The van der Waals surface area contributed by atoms with Crippen LogP contribution in [0.15, 0.2) is 29.6 Å². The first-order valence-electron chi connectivity index (χ1n) is 8.75. The number of piperidine rings is 1. The van der Waals surface area contributed by atoms with E-state index in [9.17, 15) is 18.3 Å². The Kier molecular flexibility index (Phi) is 6.05. The monoisotopic (exact) mass is 400 g/mol. The number of rotatable bonds is 5. The molecule has 3 rings (SSSR count). The summed E-state index contributed by atoms with van der Waals surface area (Å²) in [6, 6.07) is 6.41. The van der Waals surface area contributed by atoms with Crippen molar-refractivity contribution >= 4 is 16.3 Å². The second-order valence-electron chi connectivity index (χ2n) is 6.80. The predicted octanol–water partition coefficient (Wildman–Crippen LogP) is 2.70. The fourth-order valence-corrected chi connectivity index (χ4v) is 4.15. The first-order chi connectivity index (χ1) is 12.7. The molecule has 0 bridgehead atoms. The third-order valence-electron chi connectivity index (χ3n) is 4.71. The SMILES string of the molecule is Cc1cccc([C@H](O)CNC2CCN(c3cc(C(F)(F)F)cs3)CC2N)n1. The zero-order chi connectivity index (χ0) is 19.6. The summed E-state index contributed by atoms with van der Waals surface area (Å²) < 4.78 is 38.3. The molecular formula is C18H23F3N4OS. The maximum absolute atomic E-state index is 12.8. The Balaban J connectivity index is 1.53. The van der Waals surface area contributed by atoms with Gasteiger partial charge in [-0.2, -0.15) is 13.2 Å². The fraction of sp³-hybridized carbons (Fsp3) is 0.500. The highest BCUT2D eigenvalue weighted by Crippen LogP contribution is 2.36. The Morgan fingerprint density at radius 1 is 1.44 bits per heavy atom. The van der Waals surface area contributed by atoms with E-state index in [0.29, 0.717) is 36.8 Å². The topological polar surface area (TPSA) is 74.4 Å². The average molecular weight is 400 g/mol. The van der Waals surface area contributed by atoms with Crippen LogP contribution in [0.1, 0.15) is 29.5 Å². The highest BCUT2D eigenvalue weighted by atomic mass is 32.1. The van der Waals surface area contributed by atoms with Gasteiger partial charge in [-0.25, -0.2) is 0 Å². The molecule has 0 aliphatic carbocycles. The molecule has 0 saturated carbocycles. The Bertz CT molecular complexity index is 767.